The molecule has 0 spiro atoms. The molecule has 13 heteroatoms. The lowest BCUT2D eigenvalue weighted by molar-refractivity contribution is 0.122. The minimum atomic E-state index is -2.84. The largest absolute Gasteiger partial charge is 0.378 e. The van der Waals surface area contributed by atoms with Gasteiger partial charge in [0.05, 0.1) is 18.8 Å². The zero-order chi connectivity index (χ0) is 20.4. The molecule has 2 aromatic rings. The maximum Gasteiger partial charge on any atom is 0.281 e. The quantitative estimate of drug-likeness (QED) is 0.644. The monoisotopic (exact) mass is 408 g/mol. The van der Waals surface area contributed by atoms with Crippen LogP contribution in [0.1, 0.15) is 12.1 Å². The van der Waals surface area contributed by atoms with Crippen LogP contribution >= 0.6 is 0 Å². The van der Waals surface area contributed by atoms with Crippen molar-refractivity contribution in [3.05, 3.63) is 11.9 Å². The number of rotatable bonds is 4. The van der Waals surface area contributed by atoms with Crippen LogP contribution in [0.3, 0.4) is 0 Å². The number of aromatic nitrogens is 5. The molecular formula is C16H22F2N10O. The van der Waals surface area contributed by atoms with Gasteiger partial charge >= 0.3 is 0 Å². The van der Waals surface area contributed by atoms with Crippen LogP contribution in [0.4, 0.5) is 26.6 Å². The highest BCUT2D eigenvalue weighted by Crippen LogP contribution is 2.29. The van der Waals surface area contributed by atoms with E-state index in [1.807, 2.05) is 9.80 Å². The molecule has 0 aromatic carbocycles. The van der Waals surface area contributed by atoms with E-state index in [-0.39, 0.29) is 17.3 Å². The number of piperazine rings is 1. The molecule has 0 amide bonds. The Hall–Kier alpha value is -2.77. The summed E-state index contributed by atoms with van der Waals surface area (Å²) in [5, 5.41) is 1.71. The number of alkyl halides is 2. The summed E-state index contributed by atoms with van der Waals surface area (Å²) >= 11 is 0. The van der Waals surface area contributed by atoms with Crippen molar-refractivity contribution < 1.29 is 13.5 Å². The van der Waals surface area contributed by atoms with E-state index >= 15 is 0 Å². The van der Waals surface area contributed by atoms with Crippen LogP contribution in [-0.4, -0.2) is 82.4 Å². The van der Waals surface area contributed by atoms with E-state index in [0.717, 1.165) is 0 Å². The normalized spacial score (nSPS) is 18.5. The standard InChI is InChI=1S/C16H22F2N10O/c17-12(18)11-10(9-21-14(19)22-11)13-23-15(26-1-3-28(20)4-2-26)25-16(24-13)27-5-7-29-8-6-27/h9,12H,1-8,20H2,(H2,19,21,22). The van der Waals surface area contributed by atoms with Gasteiger partial charge in [-0.15, -0.1) is 0 Å². The minimum Gasteiger partial charge on any atom is -0.378 e. The van der Waals surface area contributed by atoms with Gasteiger partial charge in [0.2, 0.25) is 17.8 Å². The number of morpholine rings is 1. The first kappa shape index (κ1) is 19.5. The SMILES string of the molecule is Nc1ncc(-c2nc(N3CCOCC3)nc(N3CCN(N)CC3)n2)c(C(F)F)n1. The summed E-state index contributed by atoms with van der Waals surface area (Å²) in [6.07, 6.45) is -1.62. The highest BCUT2D eigenvalue weighted by atomic mass is 19.3. The van der Waals surface area contributed by atoms with Crippen LogP contribution in [0.25, 0.3) is 11.4 Å². The van der Waals surface area contributed by atoms with E-state index in [1.165, 1.54) is 6.20 Å². The number of nitrogen functional groups attached to an aromatic ring is 1. The van der Waals surface area contributed by atoms with E-state index in [4.69, 9.17) is 16.3 Å². The molecule has 2 aromatic heterocycles. The lowest BCUT2D eigenvalue weighted by Gasteiger charge is -2.33. The molecule has 2 aliphatic rings. The van der Waals surface area contributed by atoms with Crippen molar-refractivity contribution in [1.29, 1.82) is 0 Å². The molecule has 11 nitrogen and oxygen atoms in total. The lowest BCUT2D eigenvalue weighted by Crippen LogP contribution is -2.50. The van der Waals surface area contributed by atoms with Crippen molar-refractivity contribution in [3.8, 4) is 11.4 Å². The number of hydrogen-bond donors (Lipinski definition) is 2. The van der Waals surface area contributed by atoms with E-state index < -0.39 is 12.1 Å². The Morgan fingerprint density at radius 3 is 2.14 bits per heavy atom. The Bertz CT molecular complexity index is 856. The third-order valence-corrected chi connectivity index (χ3v) is 4.79. The van der Waals surface area contributed by atoms with E-state index in [0.29, 0.717) is 64.4 Å². The molecule has 0 radical (unpaired) electrons. The van der Waals surface area contributed by atoms with Gasteiger partial charge in [-0.3, -0.25) is 5.84 Å². The first-order valence-electron chi connectivity index (χ1n) is 9.25. The van der Waals surface area contributed by atoms with Crippen LogP contribution in [-0.2, 0) is 4.74 Å². The number of halogens is 2. The van der Waals surface area contributed by atoms with Gasteiger partial charge in [0, 0.05) is 45.5 Å². The topological polar surface area (TPSA) is 135 Å². The van der Waals surface area contributed by atoms with Crippen molar-refractivity contribution in [2.45, 2.75) is 6.43 Å². The lowest BCUT2D eigenvalue weighted by atomic mass is 10.2. The summed E-state index contributed by atoms with van der Waals surface area (Å²) in [6.45, 7) is 4.77. The van der Waals surface area contributed by atoms with Crippen molar-refractivity contribution in [2.24, 2.45) is 5.84 Å². The predicted molar refractivity (Wildman–Crippen MR) is 101 cm³/mol. The van der Waals surface area contributed by atoms with E-state index in [2.05, 4.69) is 24.9 Å². The number of nitrogens with two attached hydrogens (primary N) is 2. The molecular weight excluding hydrogens is 386 g/mol. The summed E-state index contributed by atoms with van der Waals surface area (Å²) in [6, 6.07) is 0. The Labute approximate surface area is 165 Å². The molecule has 4 N–H and O–H groups in total. The van der Waals surface area contributed by atoms with Crippen molar-refractivity contribution in [2.75, 3.05) is 68.0 Å². The molecule has 0 aliphatic carbocycles. The zero-order valence-electron chi connectivity index (χ0n) is 15.7. The zero-order valence-corrected chi connectivity index (χ0v) is 15.7. The maximum absolute atomic E-state index is 13.6. The third-order valence-electron chi connectivity index (χ3n) is 4.79. The van der Waals surface area contributed by atoms with Crippen molar-refractivity contribution in [3.63, 3.8) is 0 Å². The molecule has 2 aliphatic heterocycles. The highest BCUT2D eigenvalue weighted by molar-refractivity contribution is 5.61. The predicted octanol–water partition coefficient (Wildman–Crippen LogP) is -0.319. The molecule has 29 heavy (non-hydrogen) atoms. The summed E-state index contributed by atoms with van der Waals surface area (Å²) in [7, 11) is 0. The molecule has 0 unspecified atom stereocenters. The van der Waals surface area contributed by atoms with Gasteiger partial charge in [0.25, 0.3) is 6.43 Å². The summed E-state index contributed by atoms with van der Waals surface area (Å²) in [5.74, 6) is 6.49. The van der Waals surface area contributed by atoms with E-state index in [9.17, 15) is 8.78 Å². The molecule has 156 valence electrons. The second-order valence-corrected chi connectivity index (χ2v) is 6.71. The van der Waals surface area contributed by atoms with E-state index in [1.54, 1.807) is 5.01 Å². The first-order chi connectivity index (χ1) is 14.0. The molecule has 4 heterocycles. The third kappa shape index (κ3) is 4.31. The number of ether oxygens (including phenoxy) is 1. The average molecular weight is 408 g/mol. The van der Waals surface area contributed by atoms with Crippen LogP contribution in [0.15, 0.2) is 6.20 Å². The molecule has 2 fully saturated rings. The Balaban J connectivity index is 1.77. The van der Waals surface area contributed by atoms with Crippen molar-refractivity contribution >= 4 is 17.8 Å². The van der Waals surface area contributed by atoms with Crippen LogP contribution in [0.2, 0.25) is 0 Å². The molecule has 4 rings (SSSR count). The van der Waals surface area contributed by atoms with Gasteiger partial charge in [-0.2, -0.15) is 15.0 Å². The minimum absolute atomic E-state index is 0.0322. The first-order valence-corrected chi connectivity index (χ1v) is 9.25. The summed E-state index contributed by atoms with van der Waals surface area (Å²) in [4.78, 5) is 24.9. The molecule has 0 atom stereocenters. The molecule has 0 bridgehead atoms. The van der Waals surface area contributed by atoms with Gasteiger partial charge < -0.3 is 20.3 Å². The van der Waals surface area contributed by atoms with Gasteiger partial charge in [-0.1, -0.05) is 0 Å². The van der Waals surface area contributed by atoms with Crippen LogP contribution in [0, 0.1) is 0 Å². The second-order valence-electron chi connectivity index (χ2n) is 6.71. The Morgan fingerprint density at radius 1 is 0.897 bits per heavy atom. The fourth-order valence-electron chi connectivity index (χ4n) is 3.19. The number of nitrogens with zero attached hydrogens (tertiary/aromatic N) is 8. The summed E-state index contributed by atoms with van der Waals surface area (Å²) in [5.41, 5.74) is 5.02. The molecule has 0 saturated carbocycles. The number of anilines is 3. The van der Waals surface area contributed by atoms with Gasteiger partial charge in [0.1, 0.15) is 5.69 Å². The fraction of sp³-hybridized carbons (Fsp3) is 0.562. The van der Waals surface area contributed by atoms with Gasteiger partial charge in [-0.25, -0.2) is 23.8 Å². The number of hydrazine groups is 1. The summed E-state index contributed by atoms with van der Waals surface area (Å²) < 4.78 is 32.5. The molecule has 2 saturated heterocycles. The Kier molecular flexibility index (Phi) is 5.60. The smallest absolute Gasteiger partial charge is 0.281 e. The Morgan fingerprint density at radius 2 is 1.52 bits per heavy atom. The van der Waals surface area contributed by atoms with Gasteiger partial charge in [0.15, 0.2) is 5.82 Å². The maximum atomic E-state index is 13.6. The van der Waals surface area contributed by atoms with Crippen molar-refractivity contribution in [1.82, 2.24) is 29.9 Å². The van der Waals surface area contributed by atoms with Gasteiger partial charge in [-0.05, 0) is 0 Å². The second kappa shape index (κ2) is 8.31. The highest BCUT2D eigenvalue weighted by Gasteiger charge is 2.25. The fourth-order valence-corrected chi connectivity index (χ4v) is 3.19. The number of hydrogen-bond acceptors (Lipinski definition) is 11. The average Bonchev–Trinajstić information content (AvgIpc) is 2.74. The van der Waals surface area contributed by atoms with Crippen LogP contribution < -0.4 is 21.4 Å². The van der Waals surface area contributed by atoms with Crippen LogP contribution in [0.5, 0.6) is 0 Å².